The lowest BCUT2D eigenvalue weighted by molar-refractivity contribution is -0.123. The minimum atomic E-state index is -0.355. The smallest absolute Gasteiger partial charge is 0.237 e. The lowest BCUT2D eigenvalue weighted by Crippen LogP contribution is -2.41. The number of methoxy groups -OCH3 is 1. The van der Waals surface area contributed by atoms with Gasteiger partial charge in [0.2, 0.25) is 5.91 Å². The van der Waals surface area contributed by atoms with Gasteiger partial charge in [0.05, 0.1) is 26.0 Å². The number of hydrogen-bond acceptors (Lipinski definition) is 6. The van der Waals surface area contributed by atoms with Crippen LogP contribution in [-0.4, -0.2) is 24.0 Å². The van der Waals surface area contributed by atoms with Gasteiger partial charge in [-0.1, -0.05) is 12.1 Å². The van der Waals surface area contributed by atoms with Crippen molar-refractivity contribution in [3.8, 4) is 11.5 Å². The Bertz CT molecular complexity index is 898. The summed E-state index contributed by atoms with van der Waals surface area (Å²) in [5.74, 6) is 1.92. The lowest BCUT2D eigenvalue weighted by Gasteiger charge is -2.15. The lowest BCUT2D eigenvalue weighted by atomic mass is 10.2. The van der Waals surface area contributed by atoms with Crippen LogP contribution in [0.4, 0.5) is 0 Å². The van der Waals surface area contributed by atoms with Gasteiger partial charge < -0.3 is 24.5 Å². The van der Waals surface area contributed by atoms with Gasteiger partial charge in [0.15, 0.2) is 11.5 Å². The first-order valence-corrected chi connectivity index (χ1v) is 9.38. The number of nitrogens with one attached hydrogen (secondary N) is 2. The summed E-state index contributed by atoms with van der Waals surface area (Å²) in [7, 11) is 1.61. The molecule has 3 rings (SSSR count). The van der Waals surface area contributed by atoms with Crippen molar-refractivity contribution < 1.29 is 18.7 Å². The van der Waals surface area contributed by atoms with Crippen LogP contribution in [0, 0.1) is 0 Å². The standard InChI is InChI=1S/C22H25N3O4/c1-16(22(26)25-14-19-6-4-10-28-19)24-13-17-7-8-20(27-2)21(11-17)29-15-18-5-3-9-23-12-18/h3-12,16,24H,13-15H2,1-2H3,(H,25,26). The van der Waals surface area contributed by atoms with Crippen molar-refractivity contribution >= 4 is 5.91 Å². The van der Waals surface area contributed by atoms with Crippen molar-refractivity contribution in [3.05, 3.63) is 78.0 Å². The topological polar surface area (TPSA) is 85.6 Å². The van der Waals surface area contributed by atoms with Gasteiger partial charge in [0.1, 0.15) is 12.4 Å². The highest BCUT2D eigenvalue weighted by Gasteiger charge is 2.13. The number of amides is 1. The van der Waals surface area contributed by atoms with Crippen LogP contribution in [0.25, 0.3) is 0 Å². The maximum atomic E-state index is 12.2. The molecule has 1 aromatic carbocycles. The monoisotopic (exact) mass is 395 g/mol. The van der Waals surface area contributed by atoms with E-state index in [0.29, 0.717) is 31.2 Å². The van der Waals surface area contributed by atoms with Gasteiger partial charge >= 0.3 is 0 Å². The number of carbonyl (C=O) groups is 1. The Morgan fingerprint density at radius 1 is 1.14 bits per heavy atom. The number of pyridine rings is 1. The van der Waals surface area contributed by atoms with Crippen LogP contribution >= 0.6 is 0 Å². The maximum Gasteiger partial charge on any atom is 0.237 e. The van der Waals surface area contributed by atoms with E-state index in [4.69, 9.17) is 13.9 Å². The predicted molar refractivity (Wildman–Crippen MR) is 108 cm³/mol. The summed E-state index contributed by atoms with van der Waals surface area (Å²) in [6.45, 7) is 3.10. The molecule has 7 nitrogen and oxygen atoms in total. The Morgan fingerprint density at radius 2 is 2.03 bits per heavy atom. The molecule has 29 heavy (non-hydrogen) atoms. The molecular formula is C22H25N3O4. The van der Waals surface area contributed by atoms with E-state index in [2.05, 4.69) is 15.6 Å². The number of furan rings is 1. The average Bonchev–Trinajstić information content (AvgIpc) is 3.28. The van der Waals surface area contributed by atoms with E-state index in [9.17, 15) is 4.79 Å². The zero-order chi connectivity index (χ0) is 20.5. The van der Waals surface area contributed by atoms with E-state index in [0.717, 1.165) is 16.9 Å². The normalized spacial score (nSPS) is 11.7. The number of aromatic nitrogens is 1. The third-order valence-electron chi connectivity index (χ3n) is 4.37. The molecule has 0 fully saturated rings. The second kappa shape index (κ2) is 10.3. The number of hydrogen-bond donors (Lipinski definition) is 2. The fourth-order valence-electron chi connectivity index (χ4n) is 2.69. The Balaban J connectivity index is 1.53. The third kappa shape index (κ3) is 6.08. The van der Waals surface area contributed by atoms with Gasteiger partial charge in [-0.25, -0.2) is 0 Å². The number of ether oxygens (including phenoxy) is 2. The summed E-state index contributed by atoms with van der Waals surface area (Å²) >= 11 is 0. The molecule has 0 aliphatic rings. The van der Waals surface area contributed by atoms with Crippen molar-refractivity contribution in [2.75, 3.05) is 7.11 Å². The molecule has 152 valence electrons. The minimum absolute atomic E-state index is 0.0945. The van der Waals surface area contributed by atoms with Crippen LogP contribution in [0.1, 0.15) is 23.8 Å². The first-order valence-electron chi connectivity index (χ1n) is 9.38. The first-order chi connectivity index (χ1) is 14.2. The predicted octanol–water partition coefficient (Wildman–Crippen LogP) is 3.06. The summed E-state index contributed by atoms with van der Waals surface area (Å²) in [5.41, 5.74) is 1.96. The summed E-state index contributed by atoms with van der Waals surface area (Å²) in [4.78, 5) is 16.3. The molecule has 2 N–H and O–H groups in total. The van der Waals surface area contributed by atoms with Gasteiger partial charge in [-0.15, -0.1) is 0 Å². The molecule has 1 unspecified atom stereocenters. The van der Waals surface area contributed by atoms with E-state index < -0.39 is 0 Å². The summed E-state index contributed by atoms with van der Waals surface area (Å²) in [5, 5.41) is 6.06. The molecule has 0 aliphatic heterocycles. The van der Waals surface area contributed by atoms with E-state index in [1.807, 2.05) is 43.3 Å². The highest BCUT2D eigenvalue weighted by Crippen LogP contribution is 2.28. The fraction of sp³-hybridized carbons (Fsp3) is 0.273. The third-order valence-corrected chi connectivity index (χ3v) is 4.37. The summed E-state index contributed by atoms with van der Waals surface area (Å²) in [6, 6.07) is 12.8. The van der Waals surface area contributed by atoms with Crippen LogP contribution in [-0.2, 0) is 24.5 Å². The molecule has 0 radical (unpaired) electrons. The molecule has 1 amide bonds. The molecule has 0 spiro atoms. The Morgan fingerprint density at radius 3 is 2.76 bits per heavy atom. The quantitative estimate of drug-likeness (QED) is 0.549. The molecule has 0 bridgehead atoms. The highest BCUT2D eigenvalue weighted by atomic mass is 16.5. The maximum absolute atomic E-state index is 12.2. The van der Waals surface area contributed by atoms with Crippen molar-refractivity contribution in [1.82, 2.24) is 15.6 Å². The number of carbonyl (C=O) groups excluding carboxylic acids is 1. The fourth-order valence-corrected chi connectivity index (χ4v) is 2.69. The molecule has 1 atom stereocenters. The van der Waals surface area contributed by atoms with Gasteiger partial charge in [0.25, 0.3) is 0 Å². The van der Waals surface area contributed by atoms with Crippen molar-refractivity contribution in [1.29, 1.82) is 0 Å². The number of benzene rings is 1. The van der Waals surface area contributed by atoms with Crippen LogP contribution in [0.2, 0.25) is 0 Å². The molecule has 2 aromatic heterocycles. The van der Waals surface area contributed by atoms with Crippen molar-refractivity contribution in [3.63, 3.8) is 0 Å². The van der Waals surface area contributed by atoms with Crippen LogP contribution < -0.4 is 20.1 Å². The van der Waals surface area contributed by atoms with Gasteiger partial charge in [-0.3, -0.25) is 9.78 Å². The zero-order valence-electron chi connectivity index (χ0n) is 16.6. The van der Waals surface area contributed by atoms with Gasteiger partial charge in [-0.05, 0) is 42.8 Å². The van der Waals surface area contributed by atoms with Crippen molar-refractivity contribution in [2.45, 2.75) is 32.7 Å². The summed E-state index contributed by atoms with van der Waals surface area (Å²) < 4.78 is 16.5. The molecular weight excluding hydrogens is 370 g/mol. The Hall–Kier alpha value is -3.32. The van der Waals surface area contributed by atoms with E-state index >= 15 is 0 Å². The summed E-state index contributed by atoms with van der Waals surface area (Å²) in [6.07, 6.45) is 5.07. The van der Waals surface area contributed by atoms with E-state index in [-0.39, 0.29) is 11.9 Å². The van der Waals surface area contributed by atoms with E-state index in [1.54, 1.807) is 31.8 Å². The molecule has 3 aromatic rings. The Kier molecular flexibility index (Phi) is 7.24. The highest BCUT2D eigenvalue weighted by molar-refractivity contribution is 5.81. The molecule has 0 aliphatic carbocycles. The van der Waals surface area contributed by atoms with Gasteiger partial charge in [-0.2, -0.15) is 0 Å². The molecule has 0 saturated carbocycles. The minimum Gasteiger partial charge on any atom is -0.493 e. The SMILES string of the molecule is COc1ccc(CNC(C)C(=O)NCc2ccco2)cc1OCc1cccnc1. The van der Waals surface area contributed by atoms with Gasteiger partial charge in [0, 0.05) is 24.5 Å². The van der Waals surface area contributed by atoms with Crippen LogP contribution in [0.5, 0.6) is 11.5 Å². The van der Waals surface area contributed by atoms with Crippen LogP contribution in [0.15, 0.2) is 65.5 Å². The molecule has 0 saturated heterocycles. The Labute approximate surface area is 170 Å². The molecule has 7 heteroatoms. The zero-order valence-corrected chi connectivity index (χ0v) is 16.6. The second-order valence-electron chi connectivity index (χ2n) is 6.53. The first kappa shape index (κ1) is 20.4. The average molecular weight is 395 g/mol. The van der Waals surface area contributed by atoms with Crippen molar-refractivity contribution in [2.24, 2.45) is 0 Å². The van der Waals surface area contributed by atoms with E-state index in [1.165, 1.54) is 0 Å². The largest absolute Gasteiger partial charge is 0.493 e. The number of nitrogens with zero attached hydrogens (tertiary/aromatic N) is 1. The number of rotatable bonds is 10. The second-order valence-corrected chi connectivity index (χ2v) is 6.53. The van der Waals surface area contributed by atoms with Crippen LogP contribution in [0.3, 0.4) is 0 Å². The molecule has 2 heterocycles.